The van der Waals surface area contributed by atoms with E-state index in [9.17, 15) is 4.79 Å². The third kappa shape index (κ3) is 3.52. The zero-order valence-electron chi connectivity index (χ0n) is 15.1. The first-order valence-corrected chi connectivity index (χ1v) is 9.23. The number of nitrogens with zero attached hydrogens (tertiary/aromatic N) is 4. The lowest BCUT2D eigenvalue weighted by atomic mass is 9.93. The van der Waals surface area contributed by atoms with Gasteiger partial charge in [-0.25, -0.2) is 0 Å². The molecular formula is C18H24N4O2S. The molecule has 0 radical (unpaired) electrons. The average molecular weight is 360 g/mol. The number of aryl methyl sites for hydroxylation is 1. The molecule has 0 saturated carbocycles. The third-order valence-corrected chi connectivity index (χ3v) is 5.62. The van der Waals surface area contributed by atoms with E-state index in [2.05, 4.69) is 40.7 Å². The van der Waals surface area contributed by atoms with Crippen LogP contribution in [-0.4, -0.2) is 65.6 Å². The largest absolute Gasteiger partial charge is 0.497 e. The van der Waals surface area contributed by atoms with Crippen molar-refractivity contribution in [2.24, 2.45) is 0 Å². The van der Waals surface area contributed by atoms with Gasteiger partial charge in [0.05, 0.1) is 12.8 Å². The van der Waals surface area contributed by atoms with E-state index in [-0.39, 0.29) is 17.9 Å². The number of carbonyl (C=O) groups excluding carboxylic acids is 1. The van der Waals surface area contributed by atoms with E-state index in [1.54, 1.807) is 7.11 Å². The van der Waals surface area contributed by atoms with Gasteiger partial charge in [-0.05, 0) is 49.7 Å². The summed E-state index contributed by atoms with van der Waals surface area (Å²) < 4.78 is 9.21. The number of ether oxygens (including phenoxy) is 1. The topological polar surface area (TPSA) is 58.6 Å². The number of rotatable bonds is 5. The molecule has 6 nitrogen and oxygen atoms in total. The van der Waals surface area contributed by atoms with E-state index >= 15 is 0 Å². The van der Waals surface area contributed by atoms with Gasteiger partial charge in [0.15, 0.2) is 0 Å². The lowest BCUT2D eigenvalue weighted by Crippen LogP contribution is -2.35. The van der Waals surface area contributed by atoms with Crippen molar-refractivity contribution in [2.75, 3.05) is 34.3 Å². The molecule has 0 spiro atoms. The highest BCUT2D eigenvalue weighted by molar-refractivity contribution is 7.08. The van der Waals surface area contributed by atoms with E-state index in [4.69, 9.17) is 4.74 Å². The van der Waals surface area contributed by atoms with Crippen molar-refractivity contribution in [3.63, 3.8) is 0 Å². The minimum absolute atomic E-state index is 0.0507. The van der Waals surface area contributed by atoms with Gasteiger partial charge in [0.25, 0.3) is 5.91 Å². The molecule has 0 bridgehead atoms. The molecule has 1 saturated heterocycles. The maximum atomic E-state index is 13.0. The van der Waals surface area contributed by atoms with Crippen LogP contribution in [0.5, 0.6) is 5.75 Å². The number of carbonyl (C=O) groups is 1. The zero-order valence-corrected chi connectivity index (χ0v) is 15.9. The van der Waals surface area contributed by atoms with Crippen LogP contribution in [-0.2, 0) is 6.42 Å². The first kappa shape index (κ1) is 17.8. The number of methoxy groups -OCH3 is 1. The Morgan fingerprint density at radius 3 is 2.64 bits per heavy atom. The second-order valence-electron chi connectivity index (χ2n) is 6.52. The first-order chi connectivity index (χ1) is 12.0. The molecule has 1 aromatic carbocycles. The SMILES string of the molecule is CCc1nnsc1C(=O)N1C[C@@H](N(C)C)[C@H](c2ccc(OC)cc2)C1. The molecule has 2 heterocycles. The fourth-order valence-corrected chi connectivity index (χ4v) is 4.12. The Balaban J connectivity index is 1.83. The maximum absolute atomic E-state index is 13.0. The molecule has 1 aliphatic rings. The van der Waals surface area contributed by atoms with Gasteiger partial charge in [0, 0.05) is 25.0 Å². The van der Waals surface area contributed by atoms with Crippen LogP contribution in [0.25, 0.3) is 0 Å². The molecule has 1 amide bonds. The Labute approximate surface area is 152 Å². The van der Waals surface area contributed by atoms with Crippen LogP contribution in [0.4, 0.5) is 0 Å². The van der Waals surface area contributed by atoms with Gasteiger partial charge >= 0.3 is 0 Å². The average Bonchev–Trinajstić information content (AvgIpc) is 3.28. The Morgan fingerprint density at radius 1 is 1.32 bits per heavy atom. The Morgan fingerprint density at radius 2 is 2.04 bits per heavy atom. The number of likely N-dealkylation sites (tertiary alicyclic amines) is 1. The maximum Gasteiger partial charge on any atom is 0.267 e. The van der Waals surface area contributed by atoms with E-state index in [1.807, 2.05) is 24.0 Å². The highest BCUT2D eigenvalue weighted by Gasteiger charge is 2.38. The minimum atomic E-state index is 0.0507. The lowest BCUT2D eigenvalue weighted by Gasteiger charge is -2.25. The van der Waals surface area contributed by atoms with Crippen molar-refractivity contribution in [1.82, 2.24) is 19.4 Å². The normalized spacial score (nSPS) is 20.3. The van der Waals surface area contributed by atoms with Gasteiger partial charge in [0.1, 0.15) is 10.6 Å². The quantitative estimate of drug-likeness (QED) is 0.819. The molecule has 2 aromatic rings. The van der Waals surface area contributed by atoms with Gasteiger partial charge in [0.2, 0.25) is 0 Å². The highest BCUT2D eigenvalue weighted by atomic mass is 32.1. The Kier molecular flexibility index (Phi) is 5.34. The summed E-state index contributed by atoms with van der Waals surface area (Å²) in [5.41, 5.74) is 2.03. The number of amides is 1. The van der Waals surface area contributed by atoms with Crippen LogP contribution < -0.4 is 4.74 Å². The molecule has 25 heavy (non-hydrogen) atoms. The van der Waals surface area contributed by atoms with Gasteiger partial charge in [-0.3, -0.25) is 4.79 Å². The number of hydrogen-bond acceptors (Lipinski definition) is 6. The standard InChI is InChI=1S/C18H24N4O2S/c1-5-15-17(25-20-19-15)18(23)22-10-14(16(11-22)21(2)3)12-6-8-13(24-4)9-7-12/h6-9,14,16H,5,10-11H2,1-4H3/t14-,16+/m0/s1. The molecule has 1 aliphatic heterocycles. The highest BCUT2D eigenvalue weighted by Crippen LogP contribution is 2.32. The molecule has 0 aliphatic carbocycles. The van der Waals surface area contributed by atoms with E-state index in [0.29, 0.717) is 18.0 Å². The summed E-state index contributed by atoms with van der Waals surface area (Å²) in [6, 6.07) is 8.44. The Hall–Kier alpha value is -1.99. The number of benzene rings is 1. The van der Waals surface area contributed by atoms with Gasteiger partial charge in [-0.1, -0.05) is 23.5 Å². The molecule has 0 unspecified atom stereocenters. The molecule has 7 heteroatoms. The second kappa shape index (κ2) is 7.49. The minimum Gasteiger partial charge on any atom is -0.497 e. The van der Waals surface area contributed by atoms with Gasteiger partial charge in [-0.2, -0.15) is 0 Å². The van der Waals surface area contributed by atoms with E-state index < -0.39 is 0 Å². The van der Waals surface area contributed by atoms with Crippen LogP contribution in [0.3, 0.4) is 0 Å². The predicted molar refractivity (Wildman–Crippen MR) is 98.4 cm³/mol. The zero-order chi connectivity index (χ0) is 18.0. The summed E-state index contributed by atoms with van der Waals surface area (Å²) in [4.78, 5) is 17.8. The molecule has 3 rings (SSSR count). The smallest absolute Gasteiger partial charge is 0.267 e. The van der Waals surface area contributed by atoms with Crippen LogP contribution in [0.1, 0.15) is 33.8 Å². The monoisotopic (exact) mass is 360 g/mol. The van der Waals surface area contributed by atoms with Gasteiger partial charge < -0.3 is 14.5 Å². The van der Waals surface area contributed by atoms with Crippen molar-refractivity contribution in [1.29, 1.82) is 0 Å². The van der Waals surface area contributed by atoms with Crippen molar-refractivity contribution >= 4 is 17.4 Å². The van der Waals surface area contributed by atoms with Crippen molar-refractivity contribution < 1.29 is 9.53 Å². The Bertz CT molecular complexity index is 729. The summed E-state index contributed by atoms with van der Waals surface area (Å²) >= 11 is 1.20. The van der Waals surface area contributed by atoms with Crippen LogP contribution >= 0.6 is 11.5 Å². The summed E-state index contributed by atoms with van der Waals surface area (Å²) in [6.07, 6.45) is 0.727. The summed E-state index contributed by atoms with van der Waals surface area (Å²) in [6.45, 7) is 3.42. The van der Waals surface area contributed by atoms with E-state index in [1.165, 1.54) is 17.1 Å². The molecule has 1 aromatic heterocycles. The van der Waals surface area contributed by atoms with Crippen LogP contribution in [0.2, 0.25) is 0 Å². The number of hydrogen-bond donors (Lipinski definition) is 0. The number of likely N-dealkylation sites (N-methyl/N-ethyl adjacent to an activating group) is 1. The summed E-state index contributed by atoms with van der Waals surface area (Å²) in [5, 5.41) is 4.07. The van der Waals surface area contributed by atoms with Crippen molar-refractivity contribution in [3.8, 4) is 5.75 Å². The molecule has 134 valence electrons. The van der Waals surface area contributed by atoms with Crippen LogP contribution in [0.15, 0.2) is 24.3 Å². The second-order valence-corrected chi connectivity index (χ2v) is 7.28. The van der Waals surface area contributed by atoms with Gasteiger partial charge in [-0.15, -0.1) is 5.10 Å². The fourth-order valence-electron chi connectivity index (χ4n) is 3.40. The summed E-state index contributed by atoms with van der Waals surface area (Å²) in [7, 11) is 5.81. The third-order valence-electron chi connectivity index (χ3n) is 4.87. The van der Waals surface area contributed by atoms with Crippen molar-refractivity contribution in [2.45, 2.75) is 25.3 Å². The first-order valence-electron chi connectivity index (χ1n) is 8.46. The molecule has 2 atom stereocenters. The summed E-state index contributed by atoms with van der Waals surface area (Å²) in [5.74, 6) is 1.17. The van der Waals surface area contributed by atoms with Crippen LogP contribution in [0, 0.1) is 0 Å². The molecular weight excluding hydrogens is 336 g/mol. The lowest BCUT2D eigenvalue weighted by molar-refractivity contribution is 0.0786. The predicted octanol–water partition coefficient (Wildman–Crippen LogP) is 2.28. The molecule has 0 N–H and O–H groups in total. The number of aromatic nitrogens is 2. The van der Waals surface area contributed by atoms with Crippen molar-refractivity contribution in [3.05, 3.63) is 40.4 Å². The fraction of sp³-hybridized carbons (Fsp3) is 0.500. The van der Waals surface area contributed by atoms with E-state index in [0.717, 1.165) is 17.9 Å². The molecule has 1 fully saturated rings.